The number of hydrogen-bond donors (Lipinski definition) is 1. The molecule has 0 aliphatic rings. The van der Waals surface area contributed by atoms with Crippen molar-refractivity contribution in [2.24, 2.45) is 0 Å². The van der Waals surface area contributed by atoms with Gasteiger partial charge in [-0.2, -0.15) is 0 Å². The Bertz CT molecular complexity index is 977. The second kappa shape index (κ2) is 7.05. The van der Waals surface area contributed by atoms with Gasteiger partial charge in [0.05, 0.1) is 32.2 Å². The predicted octanol–water partition coefficient (Wildman–Crippen LogP) is 3.25. The van der Waals surface area contributed by atoms with E-state index in [4.69, 9.17) is 0 Å². The number of thiazole rings is 1. The van der Waals surface area contributed by atoms with Crippen molar-refractivity contribution in [2.45, 2.75) is 42.5 Å². The highest BCUT2D eigenvalue weighted by atomic mass is 32.2. The molecule has 138 valence electrons. The van der Waals surface area contributed by atoms with E-state index in [1.165, 1.54) is 18.2 Å². The van der Waals surface area contributed by atoms with Gasteiger partial charge in [-0.05, 0) is 25.1 Å². The highest BCUT2D eigenvalue weighted by molar-refractivity contribution is 7.91. The van der Waals surface area contributed by atoms with Gasteiger partial charge in [0.1, 0.15) is 0 Å². The third-order valence-electron chi connectivity index (χ3n) is 3.63. The summed E-state index contributed by atoms with van der Waals surface area (Å²) in [5.41, 5.74) is 1.18. The number of sulfone groups is 2. The van der Waals surface area contributed by atoms with Crippen LogP contribution < -0.4 is 5.32 Å². The van der Waals surface area contributed by atoms with E-state index in [1.807, 2.05) is 12.3 Å². The maximum atomic E-state index is 12.1. The van der Waals surface area contributed by atoms with Gasteiger partial charge >= 0.3 is 0 Å². The molecule has 0 saturated carbocycles. The van der Waals surface area contributed by atoms with E-state index in [0.717, 1.165) is 23.2 Å². The summed E-state index contributed by atoms with van der Waals surface area (Å²) in [6.45, 7) is 6.01. The normalized spacial score (nSPS) is 13.8. The Morgan fingerprint density at radius 2 is 1.68 bits per heavy atom. The van der Waals surface area contributed by atoms with Gasteiger partial charge in [0, 0.05) is 23.8 Å². The Labute approximate surface area is 153 Å². The van der Waals surface area contributed by atoms with E-state index in [-0.39, 0.29) is 15.8 Å². The smallest absolute Gasteiger partial charge is 0.177 e. The van der Waals surface area contributed by atoms with Crippen molar-refractivity contribution in [1.29, 1.82) is 0 Å². The molecule has 0 aliphatic carbocycles. The Morgan fingerprint density at radius 1 is 1.04 bits per heavy atom. The molecule has 0 spiro atoms. The Kier molecular flexibility index (Phi) is 5.60. The molecule has 2 rings (SSSR count). The van der Waals surface area contributed by atoms with Gasteiger partial charge in [0.25, 0.3) is 0 Å². The zero-order valence-corrected chi connectivity index (χ0v) is 17.2. The number of nitrogens with zero attached hydrogens (tertiary/aromatic N) is 1. The zero-order valence-electron chi connectivity index (χ0n) is 14.8. The molecule has 9 heteroatoms. The molecule has 6 nitrogen and oxygen atoms in total. The highest BCUT2D eigenvalue weighted by Crippen LogP contribution is 2.30. The van der Waals surface area contributed by atoms with Crippen LogP contribution in [-0.4, -0.2) is 34.3 Å². The Morgan fingerprint density at radius 3 is 2.16 bits per heavy atom. The van der Waals surface area contributed by atoms with Gasteiger partial charge in [0.2, 0.25) is 0 Å². The van der Waals surface area contributed by atoms with Gasteiger partial charge in [-0.15, -0.1) is 11.3 Å². The monoisotopic (exact) mass is 402 g/mol. The van der Waals surface area contributed by atoms with Crippen LogP contribution in [0, 0.1) is 0 Å². The standard InChI is InChI=1S/C16H22N2O4S3/c1-10(2)16-18-14(9-23-16)11(3)17-13-7-6-12(24(4,19)20)8-15(13)25(5,21)22/h6-11,17H,1-5H3. The fraction of sp³-hybridized carbons (Fsp3) is 0.438. The topological polar surface area (TPSA) is 93.2 Å². The molecule has 2 aromatic rings. The summed E-state index contributed by atoms with van der Waals surface area (Å²) in [7, 11) is -7.09. The van der Waals surface area contributed by atoms with Crippen molar-refractivity contribution in [3.05, 3.63) is 34.3 Å². The highest BCUT2D eigenvalue weighted by Gasteiger charge is 2.20. The molecule has 1 aromatic carbocycles. The first-order chi connectivity index (χ1) is 11.4. The SMILES string of the molecule is CC(C)c1nc(C(C)Nc2ccc(S(C)(=O)=O)cc2S(C)(=O)=O)cs1. The molecule has 0 bridgehead atoms. The van der Waals surface area contributed by atoms with Crippen LogP contribution in [0.2, 0.25) is 0 Å². The van der Waals surface area contributed by atoms with Crippen molar-refractivity contribution < 1.29 is 16.8 Å². The lowest BCUT2D eigenvalue weighted by molar-refractivity contribution is 0.600. The average Bonchev–Trinajstić information content (AvgIpc) is 2.95. The van der Waals surface area contributed by atoms with E-state index in [1.54, 1.807) is 11.3 Å². The number of rotatable bonds is 6. The first kappa shape index (κ1) is 19.9. The summed E-state index contributed by atoms with van der Waals surface area (Å²) in [6.07, 6.45) is 2.11. The summed E-state index contributed by atoms with van der Waals surface area (Å²) in [5.74, 6) is 0.326. The molecule has 1 heterocycles. The van der Waals surface area contributed by atoms with Crippen molar-refractivity contribution in [3.8, 4) is 0 Å². The van der Waals surface area contributed by atoms with E-state index in [0.29, 0.717) is 11.6 Å². The molecular weight excluding hydrogens is 380 g/mol. The van der Waals surface area contributed by atoms with E-state index in [2.05, 4.69) is 24.1 Å². The maximum absolute atomic E-state index is 12.1. The van der Waals surface area contributed by atoms with Crippen molar-refractivity contribution in [3.63, 3.8) is 0 Å². The minimum Gasteiger partial charge on any atom is -0.376 e. The fourth-order valence-electron chi connectivity index (χ4n) is 2.23. The number of benzene rings is 1. The minimum atomic E-state index is -3.60. The number of hydrogen-bond acceptors (Lipinski definition) is 7. The van der Waals surface area contributed by atoms with E-state index >= 15 is 0 Å². The second-order valence-electron chi connectivity index (χ2n) is 6.33. The quantitative estimate of drug-likeness (QED) is 0.797. The van der Waals surface area contributed by atoms with Crippen molar-refractivity contribution >= 4 is 36.7 Å². The molecule has 25 heavy (non-hydrogen) atoms. The molecule has 1 N–H and O–H groups in total. The van der Waals surface area contributed by atoms with Gasteiger partial charge in [-0.1, -0.05) is 13.8 Å². The van der Waals surface area contributed by atoms with E-state index < -0.39 is 19.7 Å². The van der Waals surface area contributed by atoms with Crippen LogP contribution in [0.1, 0.15) is 43.4 Å². The zero-order chi connectivity index (χ0) is 19.0. The molecule has 0 aliphatic heterocycles. The average molecular weight is 403 g/mol. The van der Waals surface area contributed by atoms with Crippen molar-refractivity contribution in [2.75, 3.05) is 17.8 Å². The lowest BCUT2D eigenvalue weighted by atomic mass is 10.2. The summed E-state index contributed by atoms with van der Waals surface area (Å²) < 4.78 is 47.6. The number of aromatic nitrogens is 1. The summed E-state index contributed by atoms with van der Waals surface area (Å²) in [4.78, 5) is 4.50. The first-order valence-corrected chi connectivity index (χ1v) is 12.3. The van der Waals surface area contributed by atoms with Crippen LogP contribution in [0.3, 0.4) is 0 Å². The predicted molar refractivity (Wildman–Crippen MR) is 101 cm³/mol. The van der Waals surface area contributed by atoms with Gasteiger partial charge in [-0.3, -0.25) is 0 Å². The lowest BCUT2D eigenvalue weighted by Gasteiger charge is -2.17. The molecular formula is C16H22N2O4S3. The second-order valence-corrected chi connectivity index (χ2v) is 11.2. The third-order valence-corrected chi connectivity index (χ3v) is 7.04. The molecule has 1 atom stereocenters. The van der Waals surface area contributed by atoms with Crippen molar-refractivity contribution in [1.82, 2.24) is 4.98 Å². The Balaban J connectivity index is 2.41. The van der Waals surface area contributed by atoms with Gasteiger partial charge < -0.3 is 5.32 Å². The maximum Gasteiger partial charge on any atom is 0.177 e. The third kappa shape index (κ3) is 4.80. The van der Waals surface area contributed by atoms with Gasteiger partial charge in [-0.25, -0.2) is 21.8 Å². The molecule has 0 amide bonds. The molecule has 0 fully saturated rings. The minimum absolute atomic E-state index is 0.0260. The van der Waals surface area contributed by atoms with Crippen LogP contribution in [-0.2, 0) is 19.7 Å². The van der Waals surface area contributed by atoms with Crippen LogP contribution in [0.25, 0.3) is 0 Å². The molecule has 1 aromatic heterocycles. The summed E-state index contributed by atoms with van der Waals surface area (Å²) in [6, 6.07) is 3.87. The molecule has 0 saturated heterocycles. The number of anilines is 1. The fourth-order valence-corrected chi connectivity index (χ4v) is 4.75. The lowest BCUT2D eigenvalue weighted by Crippen LogP contribution is -2.12. The Hall–Kier alpha value is -1.45. The van der Waals surface area contributed by atoms with Crippen LogP contribution in [0.4, 0.5) is 5.69 Å². The van der Waals surface area contributed by atoms with Gasteiger partial charge in [0.15, 0.2) is 19.7 Å². The summed E-state index contributed by atoms with van der Waals surface area (Å²) in [5, 5.41) is 6.09. The molecule has 0 radical (unpaired) electrons. The first-order valence-electron chi connectivity index (χ1n) is 7.65. The molecule has 1 unspecified atom stereocenters. The largest absolute Gasteiger partial charge is 0.376 e. The number of nitrogens with one attached hydrogen (secondary N) is 1. The van der Waals surface area contributed by atoms with Crippen LogP contribution in [0.15, 0.2) is 33.4 Å². The van der Waals surface area contributed by atoms with Crippen LogP contribution in [0.5, 0.6) is 0 Å². The van der Waals surface area contributed by atoms with Crippen LogP contribution >= 0.6 is 11.3 Å². The van der Waals surface area contributed by atoms with E-state index in [9.17, 15) is 16.8 Å². The summed E-state index contributed by atoms with van der Waals surface area (Å²) >= 11 is 1.56.